The van der Waals surface area contributed by atoms with Gasteiger partial charge in [-0.2, -0.15) is 0 Å². The number of sulfone groups is 1. The fraction of sp³-hybridized carbons (Fsp3) is 0.455. The molecule has 96 valence electrons. The summed E-state index contributed by atoms with van der Waals surface area (Å²) in [5.74, 6) is -0.122. The maximum Gasteiger partial charge on any atom is 0.158 e. The lowest BCUT2D eigenvalue weighted by atomic mass is 10.1. The standard InChI is InChI=1S/C11H15ClO4S/c1-2-17(15,16)10(7-13)11(14)8-3-5-9(12)6-4-8/h3-6,10-11,13-14H,2,7H2,1H3/t10-,11+/m0/s1. The molecule has 2 N–H and O–H groups in total. The summed E-state index contributed by atoms with van der Waals surface area (Å²) in [6.45, 7) is 0.868. The van der Waals surface area contributed by atoms with E-state index in [4.69, 9.17) is 16.7 Å². The van der Waals surface area contributed by atoms with Gasteiger partial charge < -0.3 is 10.2 Å². The number of hydrogen-bond acceptors (Lipinski definition) is 4. The van der Waals surface area contributed by atoms with Crippen LogP contribution in [0, 0.1) is 0 Å². The minimum absolute atomic E-state index is 0.122. The third-order valence-electron chi connectivity index (χ3n) is 2.61. The van der Waals surface area contributed by atoms with E-state index in [1.807, 2.05) is 0 Å². The van der Waals surface area contributed by atoms with Gasteiger partial charge in [-0.05, 0) is 17.7 Å². The van der Waals surface area contributed by atoms with Crippen LogP contribution in [0.3, 0.4) is 0 Å². The van der Waals surface area contributed by atoms with Gasteiger partial charge in [0.2, 0.25) is 0 Å². The van der Waals surface area contributed by atoms with E-state index >= 15 is 0 Å². The molecule has 4 nitrogen and oxygen atoms in total. The smallest absolute Gasteiger partial charge is 0.158 e. The first-order chi connectivity index (χ1) is 7.92. The van der Waals surface area contributed by atoms with E-state index in [2.05, 4.69) is 0 Å². The Labute approximate surface area is 106 Å². The highest BCUT2D eigenvalue weighted by Crippen LogP contribution is 2.23. The van der Waals surface area contributed by atoms with Gasteiger partial charge in [0.05, 0.1) is 12.7 Å². The van der Waals surface area contributed by atoms with E-state index in [1.165, 1.54) is 6.92 Å². The van der Waals surface area contributed by atoms with Crippen LogP contribution in [-0.2, 0) is 9.84 Å². The van der Waals surface area contributed by atoms with E-state index in [-0.39, 0.29) is 5.75 Å². The van der Waals surface area contributed by atoms with Crippen LogP contribution in [0.5, 0.6) is 0 Å². The van der Waals surface area contributed by atoms with Crippen molar-refractivity contribution >= 4 is 21.4 Å². The predicted octanol–water partition coefficient (Wildman–Crippen LogP) is 1.17. The lowest BCUT2D eigenvalue weighted by Gasteiger charge is -2.20. The number of aliphatic hydroxyl groups excluding tert-OH is 2. The van der Waals surface area contributed by atoms with E-state index in [0.29, 0.717) is 10.6 Å². The molecular formula is C11H15ClO4S. The summed E-state index contributed by atoms with van der Waals surface area (Å²) >= 11 is 5.70. The van der Waals surface area contributed by atoms with Gasteiger partial charge in [-0.1, -0.05) is 30.7 Å². The third-order valence-corrected chi connectivity index (χ3v) is 4.99. The monoisotopic (exact) mass is 278 g/mol. The summed E-state index contributed by atoms with van der Waals surface area (Å²) in [6.07, 6.45) is -1.25. The highest BCUT2D eigenvalue weighted by molar-refractivity contribution is 7.92. The van der Waals surface area contributed by atoms with Gasteiger partial charge in [0.15, 0.2) is 9.84 Å². The van der Waals surface area contributed by atoms with Crippen molar-refractivity contribution in [2.24, 2.45) is 0 Å². The van der Waals surface area contributed by atoms with E-state index in [1.54, 1.807) is 24.3 Å². The van der Waals surface area contributed by atoms with Crippen molar-refractivity contribution in [1.29, 1.82) is 0 Å². The summed E-state index contributed by atoms with van der Waals surface area (Å²) in [5.41, 5.74) is 0.422. The maximum absolute atomic E-state index is 11.7. The summed E-state index contributed by atoms with van der Waals surface area (Å²) < 4.78 is 23.3. The van der Waals surface area contributed by atoms with Crippen molar-refractivity contribution < 1.29 is 18.6 Å². The molecule has 0 aliphatic rings. The molecule has 0 saturated heterocycles. The molecule has 1 aromatic carbocycles. The third kappa shape index (κ3) is 3.42. The first-order valence-electron chi connectivity index (χ1n) is 5.18. The van der Waals surface area contributed by atoms with Crippen molar-refractivity contribution in [3.8, 4) is 0 Å². The van der Waals surface area contributed by atoms with Gasteiger partial charge in [0, 0.05) is 10.8 Å². The molecule has 6 heteroatoms. The molecule has 17 heavy (non-hydrogen) atoms. The quantitative estimate of drug-likeness (QED) is 0.848. The summed E-state index contributed by atoms with van der Waals surface area (Å²) in [7, 11) is -3.50. The van der Waals surface area contributed by atoms with Gasteiger partial charge in [-0.15, -0.1) is 0 Å². The van der Waals surface area contributed by atoms with Crippen molar-refractivity contribution in [1.82, 2.24) is 0 Å². The molecule has 0 heterocycles. The zero-order valence-corrected chi connectivity index (χ0v) is 10.9. The van der Waals surface area contributed by atoms with Gasteiger partial charge in [-0.25, -0.2) is 8.42 Å². The van der Waals surface area contributed by atoms with Crippen molar-refractivity contribution in [3.63, 3.8) is 0 Å². The second kappa shape index (κ2) is 5.82. The minimum Gasteiger partial charge on any atom is -0.395 e. The summed E-state index contributed by atoms with van der Waals surface area (Å²) in [5, 5.41) is 18.4. The van der Waals surface area contributed by atoms with E-state index in [0.717, 1.165) is 0 Å². The van der Waals surface area contributed by atoms with Gasteiger partial charge in [0.25, 0.3) is 0 Å². The molecule has 0 amide bonds. The van der Waals surface area contributed by atoms with Crippen LogP contribution in [0.25, 0.3) is 0 Å². The second-order valence-corrected chi connectivity index (χ2v) is 6.61. The molecule has 2 atom stereocenters. The molecule has 0 fully saturated rings. The van der Waals surface area contributed by atoms with Crippen LogP contribution in [0.15, 0.2) is 24.3 Å². The molecule has 1 rings (SSSR count). The average molecular weight is 279 g/mol. The molecule has 0 spiro atoms. The first-order valence-corrected chi connectivity index (χ1v) is 7.27. The lowest BCUT2D eigenvalue weighted by Crippen LogP contribution is -2.33. The molecule has 0 aliphatic heterocycles. The number of hydrogen-bond donors (Lipinski definition) is 2. The number of aliphatic hydroxyl groups is 2. The summed E-state index contributed by atoms with van der Waals surface area (Å²) in [6, 6.07) is 6.21. The molecule has 0 bridgehead atoms. The highest BCUT2D eigenvalue weighted by Gasteiger charge is 2.31. The van der Waals surface area contributed by atoms with Crippen LogP contribution < -0.4 is 0 Å². The highest BCUT2D eigenvalue weighted by atomic mass is 35.5. The predicted molar refractivity (Wildman–Crippen MR) is 66.7 cm³/mol. The largest absolute Gasteiger partial charge is 0.395 e. The summed E-state index contributed by atoms with van der Waals surface area (Å²) in [4.78, 5) is 0. The van der Waals surface area contributed by atoms with Crippen LogP contribution in [0.1, 0.15) is 18.6 Å². The lowest BCUT2D eigenvalue weighted by molar-refractivity contribution is 0.138. The second-order valence-electron chi connectivity index (χ2n) is 3.67. The molecule has 0 aromatic heterocycles. The van der Waals surface area contributed by atoms with Gasteiger partial charge in [-0.3, -0.25) is 0 Å². The molecule has 1 aromatic rings. The van der Waals surface area contributed by atoms with Crippen molar-refractivity contribution in [3.05, 3.63) is 34.9 Å². The average Bonchev–Trinajstić information content (AvgIpc) is 2.30. The normalized spacial score (nSPS) is 15.5. The number of halogens is 1. The zero-order valence-electron chi connectivity index (χ0n) is 9.38. The van der Waals surface area contributed by atoms with Crippen LogP contribution in [0.2, 0.25) is 5.02 Å². The molecule has 0 aliphatic carbocycles. The van der Waals surface area contributed by atoms with E-state index in [9.17, 15) is 13.5 Å². The fourth-order valence-corrected chi connectivity index (χ4v) is 2.83. The Bertz CT molecular complexity index is 455. The molecule has 0 radical (unpaired) electrons. The van der Waals surface area contributed by atoms with Crippen molar-refractivity contribution in [2.75, 3.05) is 12.4 Å². The molecular weight excluding hydrogens is 264 g/mol. The minimum atomic E-state index is -3.50. The Morgan fingerprint density at radius 2 is 1.82 bits per heavy atom. The number of rotatable bonds is 5. The molecule has 0 saturated carbocycles. The Hall–Kier alpha value is -0.620. The van der Waals surface area contributed by atoms with Crippen LogP contribution >= 0.6 is 11.6 Å². The van der Waals surface area contributed by atoms with E-state index < -0.39 is 27.8 Å². The fourth-order valence-electron chi connectivity index (χ4n) is 1.50. The maximum atomic E-state index is 11.7. The Morgan fingerprint density at radius 3 is 2.24 bits per heavy atom. The van der Waals surface area contributed by atoms with Crippen molar-refractivity contribution in [2.45, 2.75) is 18.3 Å². The van der Waals surface area contributed by atoms with Gasteiger partial charge in [0.1, 0.15) is 5.25 Å². The zero-order chi connectivity index (χ0) is 13.1. The number of benzene rings is 1. The Balaban J connectivity index is 3.02. The van der Waals surface area contributed by atoms with Crippen LogP contribution in [-0.4, -0.2) is 36.2 Å². The topological polar surface area (TPSA) is 74.6 Å². The Morgan fingerprint density at radius 1 is 1.29 bits per heavy atom. The molecule has 0 unspecified atom stereocenters. The van der Waals surface area contributed by atoms with Gasteiger partial charge >= 0.3 is 0 Å². The van der Waals surface area contributed by atoms with Crippen LogP contribution in [0.4, 0.5) is 0 Å². The first kappa shape index (κ1) is 14.4. The Kier molecular flexibility index (Phi) is 4.94. The SMILES string of the molecule is CCS(=O)(=O)[C@@H](CO)[C@H](O)c1ccc(Cl)cc1.